The van der Waals surface area contributed by atoms with Crippen molar-refractivity contribution in [3.05, 3.63) is 0 Å². The lowest BCUT2D eigenvalue weighted by molar-refractivity contribution is -0.142. The zero-order chi connectivity index (χ0) is 20.3. The summed E-state index contributed by atoms with van der Waals surface area (Å²) in [4.78, 5) is 47.2. The predicted molar refractivity (Wildman–Crippen MR) is 108 cm³/mol. The first-order chi connectivity index (χ1) is 12.2. The number of hydrogen-bond acceptors (Lipinski definition) is 8. The third-order valence-electron chi connectivity index (χ3n) is 3.33. The van der Waals surface area contributed by atoms with E-state index in [-0.39, 0.29) is 17.9 Å². The molecule has 0 spiro atoms. The Bertz CT molecular complexity index is 509. The first-order valence-corrected chi connectivity index (χ1v) is 10.4. The van der Waals surface area contributed by atoms with Crippen molar-refractivity contribution < 1.29 is 24.3 Å². The van der Waals surface area contributed by atoms with Crippen molar-refractivity contribution in [2.75, 3.05) is 23.5 Å². The number of amides is 3. The van der Waals surface area contributed by atoms with E-state index in [4.69, 9.17) is 10.8 Å². The Labute approximate surface area is 167 Å². The second-order valence-electron chi connectivity index (χ2n) is 5.44. The van der Waals surface area contributed by atoms with Crippen LogP contribution in [0, 0.1) is 0 Å². The minimum Gasteiger partial charge on any atom is -0.480 e. The Morgan fingerprint density at radius 2 is 1.58 bits per heavy atom. The molecule has 3 amide bonds. The average Bonchev–Trinajstić information content (AvgIpc) is 2.61. The number of thiol groups is 2. The molecule has 0 heterocycles. The Hall–Kier alpha value is -1.11. The Morgan fingerprint density at radius 3 is 2.04 bits per heavy atom. The molecule has 12 heteroatoms. The first kappa shape index (κ1) is 24.9. The lowest BCUT2D eigenvalue weighted by atomic mass is 10.2. The standard InChI is InChI=1S/C14H26N4O5S3/c1-7(16-12(20)8(15)5-24)11(19)18-10(6-25)13(21)17-9(14(22)23)3-4-26-2/h7-10,24-25H,3-6,15H2,1-2H3,(H,16,20)(H,17,21)(H,18,19)(H,22,23). The van der Waals surface area contributed by atoms with Gasteiger partial charge in [0.15, 0.2) is 0 Å². The van der Waals surface area contributed by atoms with Crippen molar-refractivity contribution in [3.8, 4) is 0 Å². The van der Waals surface area contributed by atoms with Crippen molar-refractivity contribution in [1.29, 1.82) is 0 Å². The number of nitrogens with one attached hydrogen (secondary N) is 3. The summed E-state index contributed by atoms with van der Waals surface area (Å²) in [5.74, 6) is -2.33. The van der Waals surface area contributed by atoms with Crippen molar-refractivity contribution in [2.45, 2.75) is 37.5 Å². The summed E-state index contributed by atoms with van der Waals surface area (Å²) in [5, 5.41) is 16.4. The van der Waals surface area contributed by atoms with Crippen LogP contribution in [0.4, 0.5) is 0 Å². The highest BCUT2D eigenvalue weighted by atomic mass is 32.2. The number of carboxylic acids is 1. The van der Waals surface area contributed by atoms with Gasteiger partial charge in [-0.15, -0.1) is 0 Å². The van der Waals surface area contributed by atoms with E-state index in [9.17, 15) is 19.2 Å². The average molecular weight is 427 g/mol. The highest BCUT2D eigenvalue weighted by Gasteiger charge is 2.27. The summed E-state index contributed by atoms with van der Waals surface area (Å²) in [5.41, 5.74) is 5.51. The molecule has 0 fully saturated rings. The molecule has 9 nitrogen and oxygen atoms in total. The fraction of sp³-hybridized carbons (Fsp3) is 0.714. The highest BCUT2D eigenvalue weighted by Crippen LogP contribution is 2.02. The molecule has 26 heavy (non-hydrogen) atoms. The van der Waals surface area contributed by atoms with Crippen LogP contribution in [0.5, 0.6) is 0 Å². The van der Waals surface area contributed by atoms with Crippen LogP contribution >= 0.6 is 37.0 Å². The number of carbonyl (C=O) groups excluding carboxylic acids is 3. The van der Waals surface area contributed by atoms with E-state index >= 15 is 0 Å². The molecule has 4 atom stereocenters. The molecule has 0 aromatic heterocycles. The second kappa shape index (κ2) is 13.1. The van der Waals surface area contributed by atoms with Gasteiger partial charge in [0.1, 0.15) is 18.1 Å². The lowest BCUT2D eigenvalue weighted by Gasteiger charge is -2.22. The number of nitrogens with two attached hydrogens (primary N) is 1. The number of carboxylic acid groups (broad SMARTS) is 1. The van der Waals surface area contributed by atoms with Gasteiger partial charge in [0.05, 0.1) is 6.04 Å². The molecule has 0 bridgehead atoms. The molecular weight excluding hydrogens is 400 g/mol. The van der Waals surface area contributed by atoms with Gasteiger partial charge in [-0.25, -0.2) is 4.79 Å². The lowest BCUT2D eigenvalue weighted by Crippen LogP contribution is -2.57. The SMILES string of the molecule is CSCCC(NC(=O)C(CS)NC(=O)C(C)NC(=O)C(N)CS)C(=O)O. The van der Waals surface area contributed by atoms with Crippen LogP contribution in [-0.2, 0) is 19.2 Å². The van der Waals surface area contributed by atoms with Crippen molar-refractivity contribution in [2.24, 2.45) is 5.73 Å². The Balaban J connectivity index is 4.75. The number of hydrogen-bond donors (Lipinski definition) is 7. The molecular formula is C14H26N4O5S3. The van der Waals surface area contributed by atoms with Gasteiger partial charge in [-0.2, -0.15) is 37.0 Å². The van der Waals surface area contributed by atoms with E-state index < -0.39 is 47.9 Å². The number of rotatable bonds is 12. The molecule has 0 aromatic rings. The van der Waals surface area contributed by atoms with Crippen LogP contribution in [0.25, 0.3) is 0 Å². The van der Waals surface area contributed by atoms with Crippen LogP contribution in [0.15, 0.2) is 0 Å². The van der Waals surface area contributed by atoms with Crippen molar-refractivity contribution in [1.82, 2.24) is 16.0 Å². The number of thioether (sulfide) groups is 1. The molecule has 0 aliphatic rings. The van der Waals surface area contributed by atoms with Gasteiger partial charge in [0, 0.05) is 11.5 Å². The highest BCUT2D eigenvalue weighted by molar-refractivity contribution is 7.98. The second-order valence-corrected chi connectivity index (χ2v) is 7.16. The maximum Gasteiger partial charge on any atom is 0.326 e. The first-order valence-electron chi connectivity index (χ1n) is 7.78. The van der Waals surface area contributed by atoms with Crippen LogP contribution in [-0.4, -0.2) is 76.5 Å². The van der Waals surface area contributed by atoms with E-state index in [1.165, 1.54) is 18.7 Å². The molecule has 0 radical (unpaired) electrons. The topological polar surface area (TPSA) is 151 Å². The quantitative estimate of drug-likeness (QED) is 0.187. The van der Waals surface area contributed by atoms with E-state index in [0.717, 1.165) is 0 Å². The summed E-state index contributed by atoms with van der Waals surface area (Å²) in [6.07, 6.45) is 2.08. The fourth-order valence-corrected chi connectivity index (χ4v) is 2.62. The van der Waals surface area contributed by atoms with Crippen molar-refractivity contribution in [3.63, 3.8) is 0 Å². The van der Waals surface area contributed by atoms with Gasteiger partial charge in [-0.3, -0.25) is 14.4 Å². The molecule has 0 aliphatic heterocycles. The zero-order valence-corrected chi connectivity index (χ0v) is 17.2. The molecule has 0 aliphatic carbocycles. The van der Waals surface area contributed by atoms with Crippen LogP contribution in [0.3, 0.4) is 0 Å². The predicted octanol–water partition coefficient (Wildman–Crippen LogP) is -1.51. The van der Waals surface area contributed by atoms with E-state index in [1.54, 1.807) is 0 Å². The molecule has 4 unspecified atom stereocenters. The maximum absolute atomic E-state index is 12.2. The summed E-state index contributed by atoms with van der Waals surface area (Å²) < 4.78 is 0. The maximum atomic E-state index is 12.2. The molecule has 6 N–H and O–H groups in total. The molecule has 0 saturated carbocycles. The summed E-state index contributed by atoms with van der Waals surface area (Å²) in [7, 11) is 0. The number of carbonyl (C=O) groups is 4. The molecule has 0 aromatic carbocycles. The summed E-state index contributed by atoms with van der Waals surface area (Å²) >= 11 is 9.37. The summed E-state index contributed by atoms with van der Waals surface area (Å²) in [6, 6.07) is -3.89. The van der Waals surface area contributed by atoms with Gasteiger partial charge >= 0.3 is 5.97 Å². The van der Waals surface area contributed by atoms with Crippen LogP contribution in [0.1, 0.15) is 13.3 Å². The Kier molecular flexibility index (Phi) is 12.6. The third-order valence-corrected chi connectivity index (χ3v) is 4.73. The number of aliphatic carboxylic acids is 1. The van der Waals surface area contributed by atoms with Crippen LogP contribution < -0.4 is 21.7 Å². The fourth-order valence-electron chi connectivity index (χ4n) is 1.73. The molecule has 0 saturated heterocycles. The minimum atomic E-state index is -1.15. The van der Waals surface area contributed by atoms with Gasteiger partial charge in [0.2, 0.25) is 17.7 Å². The normalized spacial score (nSPS) is 15.3. The van der Waals surface area contributed by atoms with Crippen molar-refractivity contribution >= 4 is 60.7 Å². The molecule has 150 valence electrons. The minimum absolute atomic E-state index is 0.0384. The van der Waals surface area contributed by atoms with Crippen LogP contribution in [0.2, 0.25) is 0 Å². The monoisotopic (exact) mass is 426 g/mol. The van der Waals surface area contributed by atoms with E-state index in [1.807, 2.05) is 6.26 Å². The van der Waals surface area contributed by atoms with Gasteiger partial charge in [-0.05, 0) is 25.4 Å². The summed E-state index contributed by atoms with van der Waals surface area (Å²) in [6.45, 7) is 1.43. The van der Waals surface area contributed by atoms with E-state index in [2.05, 4.69) is 41.2 Å². The van der Waals surface area contributed by atoms with E-state index in [0.29, 0.717) is 5.75 Å². The smallest absolute Gasteiger partial charge is 0.326 e. The zero-order valence-electron chi connectivity index (χ0n) is 14.6. The van der Waals surface area contributed by atoms with Gasteiger partial charge in [0.25, 0.3) is 0 Å². The third kappa shape index (κ3) is 9.01. The van der Waals surface area contributed by atoms with Gasteiger partial charge < -0.3 is 26.8 Å². The molecule has 0 rings (SSSR count). The van der Waals surface area contributed by atoms with Gasteiger partial charge in [-0.1, -0.05) is 0 Å². The Morgan fingerprint density at radius 1 is 1.00 bits per heavy atom. The largest absolute Gasteiger partial charge is 0.480 e.